The fourth-order valence-corrected chi connectivity index (χ4v) is 2.44. The van der Waals surface area contributed by atoms with Gasteiger partial charge in [-0.2, -0.15) is 0 Å². The van der Waals surface area contributed by atoms with Crippen LogP contribution in [0.4, 0.5) is 4.79 Å². The molecule has 0 aliphatic rings. The summed E-state index contributed by atoms with van der Waals surface area (Å²) in [7, 11) is 1.29. The van der Waals surface area contributed by atoms with E-state index < -0.39 is 18.0 Å². The number of amides is 1. The Bertz CT molecular complexity index is 728. The van der Waals surface area contributed by atoms with Crippen LogP contribution in [0.1, 0.15) is 59.9 Å². The number of hydrogen-bond donors (Lipinski definition) is 1. The second-order valence-corrected chi connectivity index (χ2v) is 9.37. The Morgan fingerprint density at radius 2 is 1.38 bits per heavy atom. The molecule has 0 saturated carbocycles. The Kier molecular flexibility index (Phi) is 8.67. The molecule has 0 bridgehead atoms. The van der Waals surface area contributed by atoms with Crippen LogP contribution in [0.5, 0.6) is 11.5 Å². The topological polar surface area (TPSA) is 90.9 Å². The fourth-order valence-electron chi connectivity index (χ4n) is 2.44. The second kappa shape index (κ2) is 10.3. The van der Waals surface area contributed by atoms with Gasteiger partial charge in [0.1, 0.15) is 0 Å². The molecule has 162 valence electrons. The van der Waals surface area contributed by atoms with Crippen LogP contribution in [0.15, 0.2) is 18.2 Å². The van der Waals surface area contributed by atoms with Crippen molar-refractivity contribution < 1.29 is 28.6 Å². The highest BCUT2D eigenvalue weighted by Crippen LogP contribution is 2.31. The molecule has 0 unspecified atom stereocenters. The molecule has 1 aromatic rings. The highest BCUT2D eigenvalue weighted by molar-refractivity contribution is 5.77. The average Bonchev–Trinajstić information content (AvgIpc) is 2.53. The van der Waals surface area contributed by atoms with Crippen molar-refractivity contribution in [3.8, 4) is 11.5 Å². The standard InChI is InChI=1S/C22H33NO6/c1-21(2,3)13-18(24)28-16-9-8-15(10-11-23-20(26)27-7)12-17(16)29-19(25)14-22(4,5)6/h8-9,12H,10-11,13-14H2,1-7H3,(H,23,26). The molecule has 0 fully saturated rings. The van der Waals surface area contributed by atoms with Crippen molar-refractivity contribution in [2.75, 3.05) is 13.7 Å². The maximum absolute atomic E-state index is 12.3. The molecule has 1 aromatic carbocycles. The molecule has 29 heavy (non-hydrogen) atoms. The number of ether oxygens (including phenoxy) is 3. The first-order chi connectivity index (χ1) is 13.3. The molecule has 1 N–H and O–H groups in total. The molecule has 1 amide bonds. The van der Waals surface area contributed by atoms with Gasteiger partial charge in [0.2, 0.25) is 0 Å². The van der Waals surface area contributed by atoms with E-state index in [9.17, 15) is 14.4 Å². The summed E-state index contributed by atoms with van der Waals surface area (Å²) in [6.45, 7) is 12.0. The largest absolute Gasteiger partial charge is 0.453 e. The molecule has 7 nitrogen and oxygen atoms in total. The predicted octanol–water partition coefficient (Wildman–Crippen LogP) is 4.27. The lowest BCUT2D eigenvalue weighted by Crippen LogP contribution is -2.25. The van der Waals surface area contributed by atoms with Crippen LogP contribution >= 0.6 is 0 Å². The number of alkyl carbamates (subject to hydrolysis) is 1. The van der Waals surface area contributed by atoms with Gasteiger partial charge in [0, 0.05) is 6.54 Å². The van der Waals surface area contributed by atoms with E-state index in [2.05, 4.69) is 10.1 Å². The number of benzene rings is 1. The summed E-state index contributed by atoms with van der Waals surface area (Å²) >= 11 is 0. The van der Waals surface area contributed by atoms with Crippen molar-refractivity contribution in [2.24, 2.45) is 10.8 Å². The minimum Gasteiger partial charge on any atom is -0.453 e. The Balaban J connectivity index is 2.98. The third kappa shape index (κ3) is 10.5. The Morgan fingerprint density at radius 1 is 0.862 bits per heavy atom. The maximum Gasteiger partial charge on any atom is 0.406 e. The first kappa shape index (κ1) is 24.5. The number of nitrogens with one attached hydrogen (secondary N) is 1. The van der Waals surface area contributed by atoms with Crippen molar-refractivity contribution in [3.63, 3.8) is 0 Å². The summed E-state index contributed by atoms with van der Waals surface area (Å²) < 4.78 is 15.5. The zero-order valence-electron chi connectivity index (χ0n) is 18.5. The molecule has 0 heterocycles. The minimum absolute atomic E-state index is 0.192. The van der Waals surface area contributed by atoms with Gasteiger partial charge in [-0.05, 0) is 34.9 Å². The van der Waals surface area contributed by atoms with Gasteiger partial charge in [0.15, 0.2) is 11.5 Å². The molecule has 0 atom stereocenters. The first-order valence-electron chi connectivity index (χ1n) is 9.65. The molecule has 1 rings (SSSR count). The predicted molar refractivity (Wildman–Crippen MR) is 110 cm³/mol. The number of methoxy groups -OCH3 is 1. The van der Waals surface area contributed by atoms with E-state index in [1.165, 1.54) is 7.11 Å². The van der Waals surface area contributed by atoms with Crippen molar-refractivity contribution >= 4 is 18.0 Å². The minimum atomic E-state index is -0.519. The summed E-state index contributed by atoms with van der Waals surface area (Å²) in [6.07, 6.45) is 0.424. The van der Waals surface area contributed by atoms with Crippen molar-refractivity contribution in [1.82, 2.24) is 5.32 Å². The van der Waals surface area contributed by atoms with Crippen LogP contribution in [0.3, 0.4) is 0 Å². The maximum atomic E-state index is 12.3. The van der Waals surface area contributed by atoms with Gasteiger partial charge >= 0.3 is 18.0 Å². The van der Waals surface area contributed by atoms with Crippen LogP contribution < -0.4 is 14.8 Å². The number of hydrogen-bond acceptors (Lipinski definition) is 6. The van der Waals surface area contributed by atoms with Gasteiger partial charge in [0.05, 0.1) is 20.0 Å². The Labute approximate surface area is 173 Å². The Hall–Kier alpha value is -2.57. The summed E-state index contributed by atoms with van der Waals surface area (Å²) in [5, 5.41) is 2.59. The molecule has 0 aliphatic carbocycles. The van der Waals surface area contributed by atoms with Crippen LogP contribution in [-0.4, -0.2) is 31.7 Å². The fraction of sp³-hybridized carbons (Fsp3) is 0.591. The molecular formula is C22H33NO6. The molecule has 0 saturated heterocycles. The zero-order chi connectivity index (χ0) is 22.2. The van der Waals surface area contributed by atoms with Crippen LogP contribution in [0.25, 0.3) is 0 Å². The molecular weight excluding hydrogens is 374 g/mol. The number of esters is 2. The van der Waals surface area contributed by atoms with Crippen molar-refractivity contribution in [3.05, 3.63) is 23.8 Å². The third-order valence-corrected chi connectivity index (χ3v) is 3.67. The quantitative estimate of drug-likeness (QED) is 0.536. The normalized spacial score (nSPS) is 11.6. The summed E-state index contributed by atoms with van der Waals surface area (Å²) in [5.41, 5.74) is 0.359. The van der Waals surface area contributed by atoms with E-state index in [4.69, 9.17) is 9.47 Å². The van der Waals surface area contributed by atoms with Gasteiger partial charge < -0.3 is 19.5 Å². The van der Waals surface area contributed by atoms with Gasteiger partial charge in [0.25, 0.3) is 0 Å². The highest BCUT2D eigenvalue weighted by Gasteiger charge is 2.22. The molecule has 0 radical (unpaired) electrons. The molecule has 0 spiro atoms. The van der Waals surface area contributed by atoms with E-state index in [0.29, 0.717) is 13.0 Å². The van der Waals surface area contributed by atoms with Gasteiger partial charge in [-0.1, -0.05) is 47.6 Å². The van der Waals surface area contributed by atoms with E-state index in [1.54, 1.807) is 18.2 Å². The summed E-state index contributed by atoms with van der Waals surface area (Å²) in [4.78, 5) is 35.7. The van der Waals surface area contributed by atoms with Crippen molar-refractivity contribution in [1.29, 1.82) is 0 Å². The molecule has 0 aromatic heterocycles. The lowest BCUT2D eigenvalue weighted by Gasteiger charge is -2.19. The van der Waals surface area contributed by atoms with Crippen LogP contribution in [0.2, 0.25) is 0 Å². The second-order valence-electron chi connectivity index (χ2n) is 9.37. The third-order valence-electron chi connectivity index (χ3n) is 3.67. The number of carbonyl (C=O) groups is 3. The molecule has 0 aliphatic heterocycles. The van der Waals surface area contributed by atoms with E-state index in [-0.39, 0.29) is 35.2 Å². The lowest BCUT2D eigenvalue weighted by atomic mass is 9.92. The first-order valence-corrected chi connectivity index (χ1v) is 9.65. The summed E-state index contributed by atoms with van der Waals surface area (Å²) in [5.74, 6) is -0.413. The smallest absolute Gasteiger partial charge is 0.406 e. The number of carbonyl (C=O) groups excluding carboxylic acids is 3. The molecule has 7 heteroatoms. The van der Waals surface area contributed by atoms with E-state index in [1.807, 2.05) is 41.5 Å². The van der Waals surface area contributed by atoms with Gasteiger partial charge in [-0.15, -0.1) is 0 Å². The number of rotatable bonds is 7. The van der Waals surface area contributed by atoms with Crippen molar-refractivity contribution in [2.45, 2.75) is 60.8 Å². The monoisotopic (exact) mass is 407 g/mol. The van der Waals surface area contributed by atoms with Crippen LogP contribution in [-0.2, 0) is 20.7 Å². The highest BCUT2D eigenvalue weighted by atomic mass is 16.6. The zero-order valence-corrected chi connectivity index (χ0v) is 18.5. The SMILES string of the molecule is COC(=O)NCCc1ccc(OC(=O)CC(C)(C)C)c(OC(=O)CC(C)(C)C)c1. The van der Waals surface area contributed by atoms with Crippen LogP contribution in [0, 0.1) is 10.8 Å². The van der Waals surface area contributed by atoms with E-state index in [0.717, 1.165) is 5.56 Å². The van der Waals surface area contributed by atoms with E-state index >= 15 is 0 Å². The van der Waals surface area contributed by atoms with Gasteiger partial charge in [-0.3, -0.25) is 9.59 Å². The average molecular weight is 408 g/mol. The van der Waals surface area contributed by atoms with Gasteiger partial charge in [-0.25, -0.2) is 4.79 Å². The Morgan fingerprint density at radius 3 is 1.86 bits per heavy atom. The summed E-state index contributed by atoms with van der Waals surface area (Å²) in [6, 6.07) is 5.02. The lowest BCUT2D eigenvalue weighted by molar-refractivity contribution is -0.139.